The minimum absolute atomic E-state index is 0.472. The van der Waals surface area contributed by atoms with Gasteiger partial charge in [-0.05, 0) is 80.4 Å². The fourth-order valence-corrected chi connectivity index (χ4v) is 5.31. The molecular formula is C24H27N5S. The van der Waals surface area contributed by atoms with Crippen LogP contribution in [-0.4, -0.2) is 30.3 Å². The first-order valence-corrected chi connectivity index (χ1v) is 11.6. The van der Waals surface area contributed by atoms with E-state index in [1.54, 1.807) is 0 Å². The third-order valence-corrected chi connectivity index (χ3v) is 7.18. The Morgan fingerprint density at radius 3 is 2.57 bits per heavy atom. The molecule has 2 heterocycles. The fourth-order valence-electron chi connectivity index (χ4n) is 4.97. The van der Waals surface area contributed by atoms with Gasteiger partial charge in [-0.25, -0.2) is 4.68 Å². The highest BCUT2D eigenvalue weighted by atomic mass is 32.1. The van der Waals surface area contributed by atoms with Crippen molar-refractivity contribution in [3.8, 4) is 11.4 Å². The van der Waals surface area contributed by atoms with E-state index in [1.165, 1.54) is 56.1 Å². The fraction of sp³-hybridized carbons (Fsp3) is 0.458. The highest BCUT2D eigenvalue weighted by molar-refractivity contribution is 7.71. The molecule has 2 fully saturated rings. The lowest BCUT2D eigenvalue weighted by molar-refractivity contribution is 0.118. The van der Waals surface area contributed by atoms with Crippen LogP contribution in [0, 0.1) is 4.77 Å². The summed E-state index contributed by atoms with van der Waals surface area (Å²) in [5, 5.41) is 5.05. The van der Waals surface area contributed by atoms with Crippen LogP contribution in [0.25, 0.3) is 11.4 Å². The number of benzene rings is 1. The summed E-state index contributed by atoms with van der Waals surface area (Å²) in [5.41, 5.74) is 4.13. The molecule has 2 aromatic heterocycles. The quantitative estimate of drug-likeness (QED) is 0.510. The van der Waals surface area contributed by atoms with Crippen LogP contribution < -0.4 is 0 Å². The summed E-state index contributed by atoms with van der Waals surface area (Å²) in [6, 6.07) is 14.7. The van der Waals surface area contributed by atoms with Gasteiger partial charge >= 0.3 is 0 Å². The molecule has 1 aromatic carbocycles. The molecule has 0 spiro atoms. The second-order valence-electron chi connectivity index (χ2n) is 8.94. The van der Waals surface area contributed by atoms with Gasteiger partial charge in [-0.2, -0.15) is 5.10 Å². The molecule has 5 nitrogen and oxygen atoms in total. The molecule has 0 radical (unpaired) electrons. The number of hydrogen-bond acceptors (Lipinski definition) is 4. The van der Waals surface area contributed by atoms with Crippen molar-refractivity contribution in [2.24, 2.45) is 0 Å². The number of pyridine rings is 1. The molecule has 154 valence electrons. The van der Waals surface area contributed by atoms with Crippen molar-refractivity contribution in [3.05, 3.63) is 64.7 Å². The van der Waals surface area contributed by atoms with E-state index in [4.69, 9.17) is 17.3 Å². The van der Waals surface area contributed by atoms with E-state index in [9.17, 15) is 0 Å². The van der Waals surface area contributed by atoms with Gasteiger partial charge in [0.2, 0.25) is 0 Å². The Labute approximate surface area is 182 Å². The number of rotatable bonds is 6. The van der Waals surface area contributed by atoms with Gasteiger partial charge in [0.05, 0.1) is 6.67 Å². The van der Waals surface area contributed by atoms with E-state index in [-0.39, 0.29) is 0 Å². The molecule has 0 aliphatic heterocycles. The third kappa shape index (κ3) is 3.32. The molecule has 3 aromatic rings. The van der Waals surface area contributed by atoms with Crippen LogP contribution >= 0.6 is 12.2 Å². The number of aryl methyl sites for hydroxylation is 1. The zero-order valence-corrected chi connectivity index (χ0v) is 18.0. The van der Waals surface area contributed by atoms with E-state index < -0.39 is 0 Å². The van der Waals surface area contributed by atoms with Crippen LogP contribution in [0.4, 0.5) is 0 Å². The third-order valence-electron chi connectivity index (χ3n) is 6.77. The molecule has 6 heteroatoms. The van der Waals surface area contributed by atoms with E-state index in [2.05, 4.69) is 43.4 Å². The first-order valence-electron chi connectivity index (χ1n) is 11.2. The molecule has 0 amide bonds. The van der Waals surface area contributed by atoms with Gasteiger partial charge in [0.15, 0.2) is 10.6 Å². The molecule has 3 aliphatic rings. The van der Waals surface area contributed by atoms with Crippen molar-refractivity contribution in [1.29, 1.82) is 0 Å². The first kappa shape index (κ1) is 18.5. The highest BCUT2D eigenvalue weighted by Crippen LogP contribution is 2.42. The molecule has 30 heavy (non-hydrogen) atoms. The first-order chi connectivity index (χ1) is 14.8. The number of hydrogen-bond donors (Lipinski definition) is 0. The highest BCUT2D eigenvalue weighted by Gasteiger charge is 2.37. The standard InChI is InChI=1S/C24H27N5S/c30-24-28(26-23(29(24)20-10-11-20)18-12-14-25-15-13-18)16-27(19-8-9-19)22-7-3-5-17-4-1-2-6-21(17)22/h1-2,4,6,12-15,19-20,22H,3,5,7-11,16H2. The van der Waals surface area contributed by atoms with Gasteiger partial charge in [0, 0.05) is 36.1 Å². The number of fused-ring (bicyclic) bond motifs is 1. The van der Waals surface area contributed by atoms with Gasteiger partial charge < -0.3 is 0 Å². The zero-order valence-electron chi connectivity index (χ0n) is 17.2. The van der Waals surface area contributed by atoms with Crippen molar-refractivity contribution in [1.82, 2.24) is 24.2 Å². The summed E-state index contributed by atoms with van der Waals surface area (Å²) in [5.74, 6) is 0.990. The maximum Gasteiger partial charge on any atom is 0.199 e. The minimum atomic E-state index is 0.472. The summed E-state index contributed by atoms with van der Waals surface area (Å²) >= 11 is 5.95. The second-order valence-corrected chi connectivity index (χ2v) is 9.30. The second kappa shape index (κ2) is 7.43. The van der Waals surface area contributed by atoms with E-state index in [0.717, 1.165) is 22.8 Å². The van der Waals surface area contributed by atoms with Crippen molar-refractivity contribution in [3.63, 3.8) is 0 Å². The van der Waals surface area contributed by atoms with Gasteiger partial charge in [-0.1, -0.05) is 24.3 Å². The van der Waals surface area contributed by atoms with Crippen molar-refractivity contribution < 1.29 is 0 Å². The Hall–Kier alpha value is -2.31. The largest absolute Gasteiger partial charge is 0.297 e. The van der Waals surface area contributed by atoms with E-state index in [0.29, 0.717) is 18.1 Å². The molecule has 3 aliphatic carbocycles. The van der Waals surface area contributed by atoms with Crippen molar-refractivity contribution in [2.45, 2.75) is 69.7 Å². The Morgan fingerprint density at radius 1 is 1.00 bits per heavy atom. The maximum atomic E-state index is 5.95. The monoisotopic (exact) mass is 417 g/mol. The van der Waals surface area contributed by atoms with Crippen molar-refractivity contribution in [2.75, 3.05) is 0 Å². The summed E-state index contributed by atoms with van der Waals surface area (Å²) in [6.07, 6.45) is 12.3. The van der Waals surface area contributed by atoms with Crippen LogP contribution in [0.15, 0.2) is 48.8 Å². The summed E-state index contributed by atoms with van der Waals surface area (Å²) < 4.78 is 5.22. The van der Waals surface area contributed by atoms with E-state index in [1.807, 2.05) is 24.5 Å². The molecule has 0 saturated heterocycles. The lowest BCUT2D eigenvalue weighted by Crippen LogP contribution is -2.35. The average Bonchev–Trinajstić information content (AvgIpc) is 3.71. The molecule has 1 unspecified atom stereocenters. The van der Waals surface area contributed by atoms with Gasteiger partial charge in [0.1, 0.15) is 0 Å². The zero-order chi connectivity index (χ0) is 20.1. The maximum absolute atomic E-state index is 5.95. The predicted octanol–water partition coefficient (Wildman–Crippen LogP) is 5.31. The molecule has 1 atom stereocenters. The molecular weight excluding hydrogens is 390 g/mol. The number of aromatic nitrogens is 4. The Bertz CT molecular complexity index is 1110. The van der Waals surface area contributed by atoms with Crippen LogP contribution in [0.5, 0.6) is 0 Å². The summed E-state index contributed by atoms with van der Waals surface area (Å²) in [7, 11) is 0. The molecule has 0 N–H and O–H groups in total. The number of nitrogens with zero attached hydrogens (tertiary/aromatic N) is 5. The normalized spacial score (nSPS) is 21.0. The average molecular weight is 418 g/mol. The molecule has 0 bridgehead atoms. The van der Waals surface area contributed by atoms with Crippen LogP contribution in [0.3, 0.4) is 0 Å². The topological polar surface area (TPSA) is 38.9 Å². The smallest absolute Gasteiger partial charge is 0.199 e. The van der Waals surface area contributed by atoms with Gasteiger partial charge in [-0.3, -0.25) is 14.5 Å². The van der Waals surface area contributed by atoms with Crippen molar-refractivity contribution >= 4 is 12.2 Å². The lowest BCUT2D eigenvalue weighted by Gasteiger charge is -2.36. The SMILES string of the molecule is S=c1n(CN(C2CC2)C2CCCc3ccccc32)nc(-c2ccncc2)n1C1CC1. The van der Waals surface area contributed by atoms with Crippen LogP contribution in [-0.2, 0) is 13.1 Å². The Morgan fingerprint density at radius 2 is 1.80 bits per heavy atom. The minimum Gasteiger partial charge on any atom is -0.297 e. The Kier molecular flexibility index (Phi) is 4.57. The van der Waals surface area contributed by atoms with Gasteiger partial charge in [0.25, 0.3) is 0 Å². The van der Waals surface area contributed by atoms with E-state index >= 15 is 0 Å². The predicted molar refractivity (Wildman–Crippen MR) is 120 cm³/mol. The van der Waals surface area contributed by atoms with Crippen LogP contribution in [0.1, 0.15) is 61.7 Å². The Balaban J connectivity index is 1.38. The summed E-state index contributed by atoms with van der Waals surface area (Å²) in [6.45, 7) is 0.778. The molecule has 6 rings (SSSR count). The molecule has 2 saturated carbocycles. The summed E-state index contributed by atoms with van der Waals surface area (Å²) in [4.78, 5) is 6.85. The van der Waals surface area contributed by atoms with Crippen LogP contribution in [0.2, 0.25) is 0 Å². The lowest BCUT2D eigenvalue weighted by atomic mass is 9.87. The van der Waals surface area contributed by atoms with Gasteiger partial charge in [-0.15, -0.1) is 0 Å².